The summed E-state index contributed by atoms with van der Waals surface area (Å²) in [6, 6.07) is 10.3. The van der Waals surface area contributed by atoms with E-state index >= 15 is 0 Å². The van der Waals surface area contributed by atoms with E-state index < -0.39 is 23.1 Å². The Morgan fingerprint density at radius 1 is 1.12 bits per heavy atom. The van der Waals surface area contributed by atoms with Crippen LogP contribution in [0.1, 0.15) is 16.1 Å². The van der Waals surface area contributed by atoms with Gasteiger partial charge in [-0.1, -0.05) is 18.2 Å². The van der Waals surface area contributed by atoms with E-state index in [1.165, 1.54) is 6.07 Å². The summed E-state index contributed by atoms with van der Waals surface area (Å²) in [5.74, 6) is -2.62. The second-order valence-corrected chi connectivity index (χ2v) is 6.62. The van der Waals surface area contributed by atoms with Gasteiger partial charge < -0.3 is 5.32 Å². The van der Waals surface area contributed by atoms with Crippen LogP contribution in [-0.2, 0) is 0 Å². The summed E-state index contributed by atoms with van der Waals surface area (Å²) in [4.78, 5) is 17.6. The molecule has 0 atom stereocenters. The van der Waals surface area contributed by atoms with Crippen molar-refractivity contribution in [2.75, 3.05) is 5.32 Å². The third kappa shape index (κ3) is 2.86. The van der Waals surface area contributed by atoms with E-state index in [4.69, 9.17) is 0 Å². The monoisotopic (exact) mass is 369 g/mol. The Morgan fingerprint density at radius 2 is 1.81 bits per heavy atom. The van der Waals surface area contributed by atoms with E-state index in [1.54, 1.807) is 35.6 Å². The van der Waals surface area contributed by atoms with Gasteiger partial charge >= 0.3 is 0 Å². The largest absolute Gasteiger partial charge is 0.322 e. The molecule has 0 aliphatic carbocycles. The van der Waals surface area contributed by atoms with Crippen molar-refractivity contribution in [2.24, 2.45) is 0 Å². The fourth-order valence-corrected chi connectivity index (χ4v) is 3.52. The van der Waals surface area contributed by atoms with Gasteiger partial charge in [0.2, 0.25) is 0 Å². The van der Waals surface area contributed by atoms with Crippen LogP contribution in [-0.4, -0.2) is 15.3 Å². The molecule has 0 aliphatic heterocycles. The molecule has 4 nitrogen and oxygen atoms in total. The molecule has 0 unspecified atom stereocenters. The van der Waals surface area contributed by atoms with Crippen molar-refractivity contribution in [1.82, 2.24) is 9.38 Å². The minimum atomic E-state index is -0.896. The normalized spacial score (nSPS) is 11.0. The van der Waals surface area contributed by atoms with Gasteiger partial charge in [0.1, 0.15) is 17.2 Å². The van der Waals surface area contributed by atoms with Gasteiger partial charge in [0.25, 0.3) is 5.91 Å². The standard InChI is InChI=1S/C19H13F2N3OS/c1-11-10-26-19-23-16(9-24(11)19)12-5-7-13(8-6-12)22-18(25)17-14(20)3-2-4-15(17)21/h2-10H,1H3,(H,22,25). The van der Waals surface area contributed by atoms with Crippen molar-refractivity contribution in [3.05, 3.63) is 76.9 Å². The van der Waals surface area contributed by atoms with E-state index in [0.717, 1.165) is 34.0 Å². The number of benzene rings is 2. The molecule has 0 saturated heterocycles. The van der Waals surface area contributed by atoms with Crippen LogP contribution in [0, 0.1) is 18.6 Å². The molecule has 4 rings (SSSR count). The van der Waals surface area contributed by atoms with Crippen LogP contribution in [0.25, 0.3) is 16.2 Å². The summed E-state index contributed by atoms with van der Waals surface area (Å²) in [6.07, 6.45) is 1.95. The first-order valence-electron chi connectivity index (χ1n) is 7.82. The number of amides is 1. The van der Waals surface area contributed by atoms with E-state index in [9.17, 15) is 13.6 Å². The van der Waals surface area contributed by atoms with E-state index in [-0.39, 0.29) is 0 Å². The predicted molar refractivity (Wildman–Crippen MR) is 97.6 cm³/mol. The SMILES string of the molecule is Cc1csc2nc(-c3ccc(NC(=O)c4c(F)cccc4F)cc3)cn12. The number of aromatic nitrogens is 2. The van der Waals surface area contributed by atoms with Gasteiger partial charge in [0, 0.05) is 28.5 Å². The number of rotatable bonds is 3. The summed E-state index contributed by atoms with van der Waals surface area (Å²) in [5.41, 5.74) is 2.66. The topological polar surface area (TPSA) is 46.4 Å². The number of nitrogens with one attached hydrogen (secondary N) is 1. The first kappa shape index (κ1) is 16.4. The van der Waals surface area contributed by atoms with Crippen molar-refractivity contribution in [3.63, 3.8) is 0 Å². The Morgan fingerprint density at radius 3 is 2.46 bits per heavy atom. The van der Waals surface area contributed by atoms with Crippen molar-refractivity contribution < 1.29 is 13.6 Å². The lowest BCUT2D eigenvalue weighted by atomic mass is 10.1. The number of carbonyl (C=O) groups is 1. The average Bonchev–Trinajstić information content (AvgIpc) is 3.18. The van der Waals surface area contributed by atoms with Gasteiger partial charge in [0.15, 0.2) is 4.96 Å². The number of aryl methyl sites for hydroxylation is 1. The van der Waals surface area contributed by atoms with Gasteiger partial charge in [-0.3, -0.25) is 9.20 Å². The van der Waals surface area contributed by atoms with Crippen LogP contribution < -0.4 is 5.32 Å². The molecule has 7 heteroatoms. The molecule has 0 fully saturated rings. The van der Waals surface area contributed by atoms with Crippen molar-refractivity contribution >= 4 is 27.9 Å². The second kappa shape index (κ2) is 6.34. The highest BCUT2D eigenvalue weighted by Gasteiger charge is 2.17. The first-order valence-corrected chi connectivity index (χ1v) is 8.70. The van der Waals surface area contributed by atoms with Gasteiger partial charge in [-0.15, -0.1) is 11.3 Å². The third-order valence-electron chi connectivity index (χ3n) is 4.02. The highest BCUT2D eigenvalue weighted by Crippen LogP contribution is 2.25. The number of hydrogen-bond acceptors (Lipinski definition) is 3. The first-order chi connectivity index (χ1) is 12.5. The zero-order valence-electron chi connectivity index (χ0n) is 13.7. The number of fused-ring (bicyclic) bond motifs is 1. The number of nitrogens with zero attached hydrogens (tertiary/aromatic N) is 2. The van der Waals surface area contributed by atoms with Gasteiger partial charge in [-0.05, 0) is 31.2 Å². The second-order valence-electron chi connectivity index (χ2n) is 5.78. The summed E-state index contributed by atoms with van der Waals surface area (Å²) < 4.78 is 29.4. The Kier molecular flexibility index (Phi) is 4.00. The number of hydrogen-bond donors (Lipinski definition) is 1. The Labute approximate surface area is 151 Å². The molecule has 2 heterocycles. The fourth-order valence-electron chi connectivity index (χ4n) is 2.67. The molecule has 2 aromatic carbocycles. The highest BCUT2D eigenvalue weighted by atomic mass is 32.1. The Balaban J connectivity index is 1.57. The number of carbonyl (C=O) groups excluding carboxylic acids is 1. The molecule has 130 valence electrons. The summed E-state index contributed by atoms with van der Waals surface area (Å²) in [5, 5.41) is 4.54. The molecular weight excluding hydrogens is 356 g/mol. The smallest absolute Gasteiger partial charge is 0.261 e. The van der Waals surface area contributed by atoms with Crippen molar-refractivity contribution in [2.45, 2.75) is 6.92 Å². The number of thiazole rings is 1. The van der Waals surface area contributed by atoms with Crippen molar-refractivity contribution in [1.29, 1.82) is 0 Å². The van der Waals surface area contributed by atoms with Gasteiger partial charge in [0.05, 0.1) is 5.69 Å². The molecule has 0 aliphatic rings. The molecule has 0 saturated carbocycles. The van der Waals surface area contributed by atoms with Crippen LogP contribution in [0.5, 0.6) is 0 Å². The average molecular weight is 369 g/mol. The van der Waals surface area contributed by atoms with E-state index in [2.05, 4.69) is 10.3 Å². The number of imidazole rings is 1. The zero-order valence-corrected chi connectivity index (χ0v) is 14.5. The van der Waals surface area contributed by atoms with Crippen LogP contribution >= 0.6 is 11.3 Å². The molecular formula is C19H13F2N3OS. The maximum absolute atomic E-state index is 13.7. The summed E-state index contributed by atoms with van der Waals surface area (Å²) in [7, 11) is 0. The molecule has 2 aromatic heterocycles. The number of anilines is 1. The fraction of sp³-hybridized carbons (Fsp3) is 0.0526. The minimum Gasteiger partial charge on any atom is -0.322 e. The van der Waals surface area contributed by atoms with Crippen LogP contribution in [0.4, 0.5) is 14.5 Å². The minimum absolute atomic E-state index is 0.443. The highest BCUT2D eigenvalue weighted by molar-refractivity contribution is 7.15. The zero-order chi connectivity index (χ0) is 18.3. The molecule has 0 bridgehead atoms. The molecule has 26 heavy (non-hydrogen) atoms. The Hall–Kier alpha value is -3.06. The van der Waals surface area contributed by atoms with Crippen molar-refractivity contribution in [3.8, 4) is 11.3 Å². The lowest BCUT2D eigenvalue weighted by Gasteiger charge is -2.07. The van der Waals surface area contributed by atoms with Gasteiger partial charge in [-0.25, -0.2) is 13.8 Å². The van der Waals surface area contributed by atoms with E-state index in [1.807, 2.05) is 22.9 Å². The van der Waals surface area contributed by atoms with Crippen LogP contribution in [0.3, 0.4) is 0 Å². The number of halogens is 2. The molecule has 4 aromatic rings. The van der Waals surface area contributed by atoms with Crippen LogP contribution in [0.15, 0.2) is 54.0 Å². The van der Waals surface area contributed by atoms with E-state index in [0.29, 0.717) is 5.69 Å². The molecule has 1 N–H and O–H groups in total. The third-order valence-corrected chi connectivity index (χ3v) is 4.97. The van der Waals surface area contributed by atoms with Crippen LogP contribution in [0.2, 0.25) is 0 Å². The van der Waals surface area contributed by atoms with Gasteiger partial charge in [-0.2, -0.15) is 0 Å². The predicted octanol–water partition coefficient (Wildman–Crippen LogP) is 4.90. The summed E-state index contributed by atoms with van der Waals surface area (Å²) in [6.45, 7) is 2.01. The quantitative estimate of drug-likeness (QED) is 0.558. The Bertz CT molecular complexity index is 1100. The lowest BCUT2D eigenvalue weighted by molar-refractivity contribution is 0.101. The summed E-state index contributed by atoms with van der Waals surface area (Å²) >= 11 is 1.57. The maximum atomic E-state index is 13.7. The lowest BCUT2D eigenvalue weighted by Crippen LogP contribution is -2.15. The molecule has 1 amide bonds. The molecule has 0 radical (unpaired) electrons. The molecule has 0 spiro atoms. The maximum Gasteiger partial charge on any atom is 0.261 e.